The lowest BCUT2D eigenvalue weighted by molar-refractivity contribution is 0.00751. The minimum absolute atomic E-state index is 0.159. The van der Waals surface area contributed by atoms with Crippen molar-refractivity contribution in [2.24, 2.45) is 0 Å². The SMILES string of the molecule is COCCCOc1cc(C(=O)N(C(C)C)[C@@H]2CCCN(C(=O)OC(C)(C)C)C2)ccc1-c1cc(C(=O)N2CCC(O)CC2)ccc1F. The summed E-state index contributed by atoms with van der Waals surface area (Å²) in [5, 5.41) is 9.86. The second-order valence-corrected chi connectivity index (χ2v) is 13.7. The van der Waals surface area contributed by atoms with Crippen LogP contribution < -0.4 is 4.74 Å². The number of likely N-dealkylation sites (tertiary alicyclic amines) is 2. The van der Waals surface area contributed by atoms with Crippen LogP contribution in [-0.2, 0) is 9.47 Å². The molecule has 2 aromatic carbocycles. The molecule has 2 saturated heterocycles. The van der Waals surface area contributed by atoms with Gasteiger partial charge in [0.1, 0.15) is 17.2 Å². The number of carbonyl (C=O) groups is 3. The Balaban J connectivity index is 1.64. The van der Waals surface area contributed by atoms with Gasteiger partial charge in [0.05, 0.1) is 18.8 Å². The summed E-state index contributed by atoms with van der Waals surface area (Å²) >= 11 is 0. The average Bonchev–Trinajstić information content (AvgIpc) is 3.02. The van der Waals surface area contributed by atoms with Crippen LogP contribution in [0.3, 0.4) is 0 Å². The molecule has 1 atom stereocenters. The van der Waals surface area contributed by atoms with E-state index in [1.165, 1.54) is 18.2 Å². The van der Waals surface area contributed by atoms with E-state index < -0.39 is 23.6 Å². The number of halogens is 1. The highest BCUT2D eigenvalue weighted by Gasteiger charge is 2.34. The molecule has 0 bridgehead atoms. The Morgan fingerprint density at radius 1 is 0.957 bits per heavy atom. The molecule has 2 aliphatic heterocycles. The smallest absolute Gasteiger partial charge is 0.410 e. The molecular formula is C36H50FN3O7. The number of hydrogen-bond acceptors (Lipinski definition) is 7. The number of aliphatic hydroxyl groups excluding tert-OH is 1. The number of carbonyl (C=O) groups excluding carboxylic acids is 3. The third kappa shape index (κ3) is 9.44. The Labute approximate surface area is 277 Å². The lowest BCUT2D eigenvalue weighted by Crippen LogP contribution is -2.54. The number of methoxy groups -OCH3 is 1. The second-order valence-electron chi connectivity index (χ2n) is 13.7. The van der Waals surface area contributed by atoms with Crippen molar-refractivity contribution in [3.63, 3.8) is 0 Å². The largest absolute Gasteiger partial charge is 0.493 e. The van der Waals surface area contributed by atoms with E-state index in [9.17, 15) is 19.5 Å². The molecule has 1 N–H and O–H groups in total. The molecule has 0 aromatic heterocycles. The third-order valence-electron chi connectivity index (χ3n) is 8.47. The van der Waals surface area contributed by atoms with E-state index >= 15 is 4.39 Å². The van der Waals surface area contributed by atoms with Gasteiger partial charge in [-0.05, 0) is 96.7 Å². The first-order valence-electron chi connectivity index (χ1n) is 16.6. The van der Waals surface area contributed by atoms with Crippen LogP contribution in [0.1, 0.15) is 87.4 Å². The van der Waals surface area contributed by atoms with Crippen molar-refractivity contribution < 1.29 is 38.1 Å². The molecule has 258 valence electrons. The van der Waals surface area contributed by atoms with Crippen LogP contribution in [0.25, 0.3) is 11.1 Å². The maximum absolute atomic E-state index is 15.4. The van der Waals surface area contributed by atoms with Gasteiger partial charge in [-0.2, -0.15) is 0 Å². The number of ether oxygens (including phenoxy) is 3. The second kappa shape index (κ2) is 15.9. The van der Waals surface area contributed by atoms with Crippen molar-refractivity contribution in [1.82, 2.24) is 14.7 Å². The fourth-order valence-electron chi connectivity index (χ4n) is 6.14. The van der Waals surface area contributed by atoms with Crippen LogP contribution in [0, 0.1) is 5.82 Å². The van der Waals surface area contributed by atoms with Crippen molar-refractivity contribution in [3.05, 3.63) is 53.3 Å². The number of rotatable bonds is 10. The lowest BCUT2D eigenvalue weighted by Gasteiger charge is -2.41. The highest BCUT2D eigenvalue weighted by atomic mass is 19.1. The maximum atomic E-state index is 15.4. The van der Waals surface area contributed by atoms with Crippen molar-refractivity contribution >= 4 is 17.9 Å². The van der Waals surface area contributed by atoms with E-state index in [1.807, 2.05) is 34.6 Å². The fourth-order valence-corrected chi connectivity index (χ4v) is 6.14. The Kier molecular flexibility index (Phi) is 12.2. The first kappa shape index (κ1) is 36.1. The molecule has 0 aliphatic carbocycles. The van der Waals surface area contributed by atoms with E-state index in [0.29, 0.717) is 74.5 Å². The van der Waals surface area contributed by atoms with E-state index in [0.717, 1.165) is 12.8 Å². The minimum atomic E-state index is -0.623. The topological polar surface area (TPSA) is 109 Å². The van der Waals surface area contributed by atoms with Gasteiger partial charge in [-0.15, -0.1) is 0 Å². The monoisotopic (exact) mass is 655 g/mol. The summed E-state index contributed by atoms with van der Waals surface area (Å²) in [6, 6.07) is 8.84. The fraction of sp³-hybridized carbons (Fsp3) is 0.583. The molecule has 2 fully saturated rings. The summed E-state index contributed by atoms with van der Waals surface area (Å²) in [6.45, 7) is 11.9. The Morgan fingerprint density at radius 2 is 1.66 bits per heavy atom. The summed E-state index contributed by atoms with van der Waals surface area (Å²) in [4.78, 5) is 45.4. The molecule has 3 amide bonds. The highest BCUT2D eigenvalue weighted by molar-refractivity contribution is 5.97. The van der Waals surface area contributed by atoms with E-state index in [4.69, 9.17) is 14.2 Å². The summed E-state index contributed by atoms with van der Waals surface area (Å²) < 4.78 is 32.3. The summed E-state index contributed by atoms with van der Waals surface area (Å²) in [6.07, 6.45) is 2.25. The van der Waals surface area contributed by atoms with Gasteiger partial charge in [0, 0.05) is 74.6 Å². The molecule has 0 unspecified atom stereocenters. The molecule has 2 aliphatic rings. The van der Waals surface area contributed by atoms with Crippen LogP contribution in [0.15, 0.2) is 36.4 Å². The van der Waals surface area contributed by atoms with Gasteiger partial charge in [0.15, 0.2) is 0 Å². The Morgan fingerprint density at radius 3 is 2.32 bits per heavy atom. The van der Waals surface area contributed by atoms with Gasteiger partial charge in [0.25, 0.3) is 11.8 Å². The molecule has 0 saturated carbocycles. The van der Waals surface area contributed by atoms with Gasteiger partial charge >= 0.3 is 6.09 Å². The minimum Gasteiger partial charge on any atom is -0.493 e. The van der Waals surface area contributed by atoms with E-state index in [-0.39, 0.29) is 36.1 Å². The molecule has 10 nitrogen and oxygen atoms in total. The first-order chi connectivity index (χ1) is 22.3. The summed E-state index contributed by atoms with van der Waals surface area (Å²) in [5.74, 6) is -0.655. The Hall–Kier alpha value is -3.70. The molecule has 47 heavy (non-hydrogen) atoms. The van der Waals surface area contributed by atoms with Gasteiger partial charge in [-0.25, -0.2) is 9.18 Å². The third-order valence-corrected chi connectivity index (χ3v) is 8.47. The van der Waals surface area contributed by atoms with Crippen LogP contribution in [0.2, 0.25) is 0 Å². The Bertz CT molecular complexity index is 1400. The molecule has 0 radical (unpaired) electrons. The van der Waals surface area contributed by atoms with Crippen LogP contribution in [0.4, 0.5) is 9.18 Å². The maximum Gasteiger partial charge on any atom is 0.410 e. The molecule has 11 heteroatoms. The van der Waals surface area contributed by atoms with Crippen molar-refractivity contribution in [2.45, 2.75) is 90.5 Å². The number of amides is 3. The average molecular weight is 656 g/mol. The predicted molar refractivity (Wildman–Crippen MR) is 177 cm³/mol. The van der Waals surface area contributed by atoms with Crippen LogP contribution >= 0.6 is 0 Å². The number of nitrogens with zero attached hydrogens (tertiary/aromatic N) is 3. The van der Waals surface area contributed by atoms with Crippen molar-refractivity contribution in [1.29, 1.82) is 0 Å². The normalized spacial score (nSPS) is 17.5. The van der Waals surface area contributed by atoms with E-state index in [1.54, 1.807) is 40.0 Å². The number of aliphatic hydroxyl groups is 1. The molecule has 2 aromatic rings. The standard InChI is InChI=1S/C36H50FN3O7/c1-24(2)40(27-9-7-16-39(23-27)35(44)47-36(3,4)5)34(43)26-10-12-29(32(22-26)46-20-8-19-45-6)30-21-25(11-13-31(30)37)33(42)38-17-14-28(41)15-18-38/h10-13,21-22,24,27-28,41H,7-9,14-20,23H2,1-6H3/t27-/m1/s1. The molecular weight excluding hydrogens is 605 g/mol. The van der Waals surface area contributed by atoms with Gasteiger partial charge in [0.2, 0.25) is 0 Å². The molecule has 2 heterocycles. The van der Waals surface area contributed by atoms with Gasteiger partial charge in [-0.3, -0.25) is 9.59 Å². The highest BCUT2D eigenvalue weighted by Crippen LogP contribution is 2.35. The number of piperidine rings is 2. The predicted octanol–water partition coefficient (Wildman–Crippen LogP) is 5.76. The summed E-state index contributed by atoms with van der Waals surface area (Å²) in [7, 11) is 1.60. The number of benzene rings is 2. The zero-order chi connectivity index (χ0) is 34.3. The quantitative estimate of drug-likeness (QED) is 0.325. The van der Waals surface area contributed by atoms with Crippen LogP contribution in [0.5, 0.6) is 5.75 Å². The molecule has 0 spiro atoms. The zero-order valence-electron chi connectivity index (χ0n) is 28.6. The van der Waals surface area contributed by atoms with Gasteiger partial charge < -0.3 is 34.0 Å². The van der Waals surface area contributed by atoms with Crippen molar-refractivity contribution in [2.75, 3.05) is 46.5 Å². The lowest BCUT2D eigenvalue weighted by atomic mass is 9.97. The number of hydrogen-bond donors (Lipinski definition) is 1. The van der Waals surface area contributed by atoms with Crippen molar-refractivity contribution in [3.8, 4) is 16.9 Å². The zero-order valence-corrected chi connectivity index (χ0v) is 28.6. The van der Waals surface area contributed by atoms with Gasteiger partial charge in [-0.1, -0.05) is 0 Å². The first-order valence-corrected chi connectivity index (χ1v) is 16.6. The summed E-state index contributed by atoms with van der Waals surface area (Å²) in [5.41, 5.74) is 0.696. The van der Waals surface area contributed by atoms with Crippen LogP contribution in [-0.4, -0.2) is 108 Å². The molecule has 4 rings (SSSR count). The van der Waals surface area contributed by atoms with E-state index in [2.05, 4.69) is 0 Å².